The minimum atomic E-state index is -0.518. The maximum atomic E-state index is 12.4. The molecular formula is C17H18BrNO3. The number of halogens is 1. The van der Waals surface area contributed by atoms with Gasteiger partial charge in [0.15, 0.2) is 5.78 Å². The zero-order valence-electron chi connectivity index (χ0n) is 12.6. The van der Waals surface area contributed by atoms with Crippen molar-refractivity contribution in [3.8, 4) is 0 Å². The van der Waals surface area contributed by atoms with E-state index in [0.29, 0.717) is 6.42 Å². The van der Waals surface area contributed by atoms with Crippen molar-refractivity contribution in [2.75, 3.05) is 6.61 Å². The van der Waals surface area contributed by atoms with Gasteiger partial charge in [0.05, 0.1) is 12.6 Å². The van der Waals surface area contributed by atoms with Crippen molar-refractivity contribution in [2.45, 2.75) is 38.8 Å². The number of rotatable bonds is 2. The molecule has 2 aliphatic heterocycles. The van der Waals surface area contributed by atoms with Crippen molar-refractivity contribution in [3.63, 3.8) is 0 Å². The number of hydrogen-bond donors (Lipinski definition) is 0. The van der Waals surface area contributed by atoms with Crippen LogP contribution in [0.5, 0.6) is 0 Å². The topological polar surface area (TPSA) is 46.6 Å². The lowest BCUT2D eigenvalue weighted by Crippen LogP contribution is -2.43. The average Bonchev–Trinajstić information content (AvgIpc) is 2.46. The number of Topliss-reactive ketones (excluding diaryl/α,β-unsaturated/α-hetero) is 1. The fourth-order valence-electron chi connectivity index (χ4n) is 3.32. The van der Waals surface area contributed by atoms with E-state index < -0.39 is 5.97 Å². The second-order valence-electron chi connectivity index (χ2n) is 5.72. The van der Waals surface area contributed by atoms with Crippen molar-refractivity contribution in [1.82, 2.24) is 4.90 Å². The van der Waals surface area contributed by atoms with Gasteiger partial charge in [0.2, 0.25) is 0 Å². The first-order valence-corrected chi connectivity index (χ1v) is 8.29. The van der Waals surface area contributed by atoms with Gasteiger partial charge in [-0.05, 0) is 37.5 Å². The van der Waals surface area contributed by atoms with Crippen molar-refractivity contribution < 1.29 is 14.3 Å². The summed E-state index contributed by atoms with van der Waals surface area (Å²) in [5, 5.41) is 0. The second kappa shape index (κ2) is 5.88. The molecule has 5 heteroatoms. The van der Waals surface area contributed by atoms with E-state index >= 15 is 0 Å². The molecule has 0 aliphatic carbocycles. The molecule has 0 saturated heterocycles. The van der Waals surface area contributed by atoms with E-state index in [1.807, 2.05) is 12.1 Å². The van der Waals surface area contributed by atoms with Crippen LogP contribution in [0.1, 0.15) is 37.4 Å². The Morgan fingerprint density at radius 3 is 2.91 bits per heavy atom. The molecule has 3 rings (SSSR count). The van der Waals surface area contributed by atoms with E-state index in [-0.39, 0.29) is 30.0 Å². The number of carbonyl (C=O) groups excluding carboxylic acids is 2. The molecular weight excluding hydrogens is 346 g/mol. The van der Waals surface area contributed by atoms with Crippen LogP contribution in [-0.4, -0.2) is 29.3 Å². The molecule has 4 nitrogen and oxygen atoms in total. The highest BCUT2D eigenvalue weighted by atomic mass is 79.9. The molecule has 0 amide bonds. The largest absolute Gasteiger partial charge is 0.462 e. The van der Waals surface area contributed by atoms with E-state index in [1.54, 1.807) is 13.1 Å². The Labute approximate surface area is 138 Å². The Morgan fingerprint density at radius 2 is 2.18 bits per heavy atom. The van der Waals surface area contributed by atoms with E-state index in [9.17, 15) is 9.59 Å². The van der Waals surface area contributed by atoms with E-state index in [1.165, 1.54) is 5.56 Å². The van der Waals surface area contributed by atoms with Gasteiger partial charge in [0, 0.05) is 23.1 Å². The lowest BCUT2D eigenvalue weighted by Gasteiger charge is -2.44. The quantitative estimate of drug-likeness (QED) is 0.598. The summed E-state index contributed by atoms with van der Waals surface area (Å²) in [6, 6.07) is 6.37. The molecule has 0 spiro atoms. The predicted molar refractivity (Wildman–Crippen MR) is 86.2 cm³/mol. The van der Waals surface area contributed by atoms with Crippen molar-refractivity contribution >= 4 is 27.7 Å². The Kier molecular flexibility index (Phi) is 4.08. The maximum absolute atomic E-state index is 12.4. The minimum Gasteiger partial charge on any atom is -0.462 e. The Morgan fingerprint density at radius 1 is 1.41 bits per heavy atom. The number of benzene rings is 1. The van der Waals surface area contributed by atoms with Gasteiger partial charge in [-0.1, -0.05) is 28.1 Å². The van der Waals surface area contributed by atoms with Crippen molar-refractivity contribution in [1.29, 1.82) is 0 Å². The molecule has 2 heterocycles. The van der Waals surface area contributed by atoms with Crippen LogP contribution in [0.4, 0.5) is 0 Å². The second-order valence-corrected chi connectivity index (χ2v) is 6.57. The van der Waals surface area contributed by atoms with Gasteiger partial charge < -0.3 is 9.64 Å². The third-order valence-corrected chi connectivity index (χ3v) is 5.00. The molecule has 2 atom stereocenters. The standard InChI is InChI=1S/C17H18BrNO3/c1-3-22-17(21)12-9-19-10(2)7-11-5-4-6-13(18)16(11)14(19)8-15(12)20/h4-6,9-10,14H,3,7-8H2,1-2H3. The monoisotopic (exact) mass is 363 g/mol. The number of fused-ring (bicyclic) bond motifs is 3. The third-order valence-electron chi connectivity index (χ3n) is 4.31. The van der Waals surface area contributed by atoms with Crippen LogP contribution >= 0.6 is 15.9 Å². The first-order valence-electron chi connectivity index (χ1n) is 7.49. The molecule has 2 aliphatic rings. The first kappa shape index (κ1) is 15.3. The molecule has 0 bridgehead atoms. The molecule has 1 aromatic rings. The first-order chi connectivity index (χ1) is 10.5. The number of ketones is 1. The van der Waals surface area contributed by atoms with Crippen LogP contribution in [0.2, 0.25) is 0 Å². The number of hydrogen-bond acceptors (Lipinski definition) is 4. The molecule has 116 valence electrons. The smallest absolute Gasteiger partial charge is 0.343 e. The lowest BCUT2D eigenvalue weighted by atomic mass is 9.83. The summed E-state index contributed by atoms with van der Waals surface area (Å²) in [6.07, 6.45) is 2.90. The molecule has 22 heavy (non-hydrogen) atoms. The highest BCUT2D eigenvalue weighted by Gasteiger charge is 2.39. The van der Waals surface area contributed by atoms with Crippen molar-refractivity contribution in [3.05, 3.63) is 45.6 Å². The molecule has 0 saturated carbocycles. The van der Waals surface area contributed by atoms with Gasteiger partial charge in [0.25, 0.3) is 0 Å². The summed E-state index contributed by atoms with van der Waals surface area (Å²) in [6.45, 7) is 4.13. The van der Waals surface area contributed by atoms with Gasteiger partial charge in [-0.25, -0.2) is 4.79 Å². The number of carbonyl (C=O) groups is 2. The SMILES string of the molecule is CCOC(=O)C1=CN2C(C)Cc3cccc(Br)c3C2CC1=O. The van der Waals surface area contributed by atoms with E-state index in [2.05, 4.69) is 33.8 Å². The Hall–Kier alpha value is -1.62. The molecule has 1 aromatic carbocycles. The highest BCUT2D eigenvalue weighted by molar-refractivity contribution is 9.10. The van der Waals surface area contributed by atoms with Crippen LogP contribution in [0.3, 0.4) is 0 Å². The van der Waals surface area contributed by atoms with Gasteiger partial charge in [-0.15, -0.1) is 0 Å². The van der Waals surface area contributed by atoms with Gasteiger partial charge in [0.1, 0.15) is 5.57 Å². The Bertz CT molecular complexity index is 668. The van der Waals surface area contributed by atoms with Gasteiger partial charge in [-0.2, -0.15) is 0 Å². The van der Waals surface area contributed by atoms with Crippen LogP contribution in [-0.2, 0) is 20.7 Å². The zero-order valence-corrected chi connectivity index (χ0v) is 14.2. The average molecular weight is 364 g/mol. The number of esters is 1. The normalized spacial score (nSPS) is 23.5. The number of nitrogens with zero attached hydrogens (tertiary/aromatic N) is 1. The molecule has 0 N–H and O–H groups in total. The molecule has 0 radical (unpaired) electrons. The predicted octanol–water partition coefficient (Wildman–Crippen LogP) is 3.16. The Balaban J connectivity index is 2.03. The summed E-state index contributed by atoms with van der Waals surface area (Å²) in [5.41, 5.74) is 2.59. The molecule has 0 aromatic heterocycles. The zero-order chi connectivity index (χ0) is 15.9. The fraction of sp³-hybridized carbons (Fsp3) is 0.412. The van der Waals surface area contributed by atoms with E-state index in [4.69, 9.17) is 4.74 Å². The summed E-state index contributed by atoms with van der Waals surface area (Å²) < 4.78 is 6.02. The van der Waals surface area contributed by atoms with Crippen LogP contribution in [0.25, 0.3) is 0 Å². The summed E-state index contributed by atoms with van der Waals surface area (Å²) >= 11 is 3.60. The summed E-state index contributed by atoms with van der Waals surface area (Å²) in [4.78, 5) is 26.5. The highest BCUT2D eigenvalue weighted by Crippen LogP contribution is 2.42. The summed E-state index contributed by atoms with van der Waals surface area (Å²) in [5.74, 6) is -0.661. The molecule has 2 unspecified atom stereocenters. The lowest BCUT2D eigenvalue weighted by molar-refractivity contribution is -0.140. The van der Waals surface area contributed by atoms with Crippen molar-refractivity contribution in [2.24, 2.45) is 0 Å². The molecule has 0 fully saturated rings. The van der Waals surface area contributed by atoms with Gasteiger partial charge >= 0.3 is 5.97 Å². The van der Waals surface area contributed by atoms with Crippen LogP contribution in [0.15, 0.2) is 34.4 Å². The van der Waals surface area contributed by atoms with Gasteiger partial charge in [-0.3, -0.25) is 4.79 Å². The minimum absolute atomic E-state index is 0.0139. The summed E-state index contributed by atoms with van der Waals surface area (Å²) in [7, 11) is 0. The third kappa shape index (κ3) is 2.47. The van der Waals surface area contributed by atoms with Crippen LogP contribution in [0, 0.1) is 0 Å². The fourth-order valence-corrected chi connectivity index (χ4v) is 3.99. The van der Waals surface area contributed by atoms with Crippen LogP contribution < -0.4 is 0 Å². The van der Waals surface area contributed by atoms with E-state index in [0.717, 1.165) is 16.5 Å². The maximum Gasteiger partial charge on any atom is 0.343 e. The number of ether oxygens (including phenoxy) is 1.